The molecule has 1 aromatic heterocycles. The Morgan fingerprint density at radius 2 is 2.27 bits per heavy atom. The number of pyridine rings is 1. The zero-order chi connectivity index (χ0) is 11.0. The molecule has 0 radical (unpaired) electrons. The number of anilines is 1. The van der Waals surface area contributed by atoms with E-state index >= 15 is 0 Å². The van der Waals surface area contributed by atoms with Gasteiger partial charge in [0.1, 0.15) is 5.15 Å². The minimum absolute atomic E-state index is 0.136. The van der Waals surface area contributed by atoms with E-state index in [0.717, 1.165) is 0 Å². The zero-order valence-electron chi connectivity index (χ0n) is 7.65. The molecule has 0 bridgehead atoms. The van der Waals surface area contributed by atoms with Gasteiger partial charge in [-0.3, -0.25) is 4.79 Å². The standard InChI is InChI=1S/C9H8Cl2N2O2/c10-7-1-5(3-12-9(7)11)13-4-6(14)2-8(13)15/h1,3,6,14H,2,4H2. The number of aliphatic hydroxyl groups excluding tert-OH is 1. The van der Waals surface area contributed by atoms with E-state index in [1.165, 1.54) is 11.1 Å². The van der Waals surface area contributed by atoms with Gasteiger partial charge in [0.05, 0.1) is 36.0 Å². The van der Waals surface area contributed by atoms with Gasteiger partial charge in [-0.25, -0.2) is 4.98 Å². The van der Waals surface area contributed by atoms with Crippen LogP contribution in [0.4, 0.5) is 5.69 Å². The van der Waals surface area contributed by atoms with Crippen molar-refractivity contribution in [2.45, 2.75) is 12.5 Å². The molecule has 0 aromatic carbocycles. The first kappa shape index (κ1) is 10.7. The minimum Gasteiger partial charge on any atom is -0.391 e. The number of carbonyl (C=O) groups is 1. The number of aromatic nitrogens is 1. The third-order valence-corrected chi connectivity index (χ3v) is 2.88. The maximum absolute atomic E-state index is 11.4. The van der Waals surface area contributed by atoms with E-state index < -0.39 is 6.10 Å². The average molecular weight is 247 g/mol. The predicted octanol–water partition coefficient (Wildman–Crippen LogP) is 1.49. The molecule has 6 heteroatoms. The Labute approximate surface area is 96.4 Å². The highest BCUT2D eigenvalue weighted by Gasteiger charge is 2.29. The van der Waals surface area contributed by atoms with Crippen LogP contribution >= 0.6 is 23.2 Å². The van der Waals surface area contributed by atoms with Gasteiger partial charge in [0, 0.05) is 0 Å². The summed E-state index contributed by atoms with van der Waals surface area (Å²) in [5.74, 6) is -0.136. The fraction of sp³-hybridized carbons (Fsp3) is 0.333. The second-order valence-electron chi connectivity index (χ2n) is 3.33. The SMILES string of the molecule is O=C1CC(O)CN1c1cnc(Cl)c(Cl)c1. The maximum Gasteiger partial charge on any atom is 0.229 e. The zero-order valence-corrected chi connectivity index (χ0v) is 9.16. The molecule has 1 amide bonds. The Hall–Kier alpha value is -0.840. The highest BCUT2D eigenvalue weighted by atomic mass is 35.5. The van der Waals surface area contributed by atoms with Crippen LogP contribution in [-0.2, 0) is 4.79 Å². The number of amides is 1. The van der Waals surface area contributed by atoms with Crippen LogP contribution in [0.3, 0.4) is 0 Å². The Kier molecular flexibility index (Phi) is 2.82. The number of rotatable bonds is 1. The number of aliphatic hydroxyl groups is 1. The van der Waals surface area contributed by atoms with E-state index in [0.29, 0.717) is 10.7 Å². The van der Waals surface area contributed by atoms with Gasteiger partial charge >= 0.3 is 0 Å². The van der Waals surface area contributed by atoms with E-state index in [9.17, 15) is 9.90 Å². The van der Waals surface area contributed by atoms with E-state index in [1.807, 2.05) is 0 Å². The third kappa shape index (κ3) is 2.07. The Morgan fingerprint density at radius 1 is 1.53 bits per heavy atom. The second kappa shape index (κ2) is 3.96. The van der Waals surface area contributed by atoms with Crippen molar-refractivity contribution in [2.75, 3.05) is 11.4 Å². The van der Waals surface area contributed by atoms with Crippen molar-refractivity contribution in [3.05, 3.63) is 22.4 Å². The molecule has 2 rings (SSSR count). The van der Waals surface area contributed by atoms with Crippen molar-refractivity contribution >= 4 is 34.8 Å². The highest BCUT2D eigenvalue weighted by Crippen LogP contribution is 2.27. The lowest BCUT2D eigenvalue weighted by molar-refractivity contribution is -0.117. The monoisotopic (exact) mass is 246 g/mol. The average Bonchev–Trinajstić information content (AvgIpc) is 2.50. The van der Waals surface area contributed by atoms with Crippen molar-refractivity contribution in [3.8, 4) is 0 Å². The summed E-state index contributed by atoms with van der Waals surface area (Å²) < 4.78 is 0. The lowest BCUT2D eigenvalue weighted by Crippen LogP contribution is -2.25. The van der Waals surface area contributed by atoms with Gasteiger partial charge in [0.15, 0.2) is 0 Å². The van der Waals surface area contributed by atoms with Crippen molar-refractivity contribution in [3.63, 3.8) is 0 Å². The highest BCUT2D eigenvalue weighted by molar-refractivity contribution is 6.41. The van der Waals surface area contributed by atoms with Gasteiger partial charge in [-0.2, -0.15) is 0 Å². The third-order valence-electron chi connectivity index (χ3n) is 2.20. The summed E-state index contributed by atoms with van der Waals surface area (Å²) in [6.45, 7) is 0.276. The molecule has 0 saturated carbocycles. The molecule has 0 spiro atoms. The number of hydrogen-bond acceptors (Lipinski definition) is 3. The molecular formula is C9H8Cl2N2O2. The van der Waals surface area contributed by atoms with Crippen LogP contribution < -0.4 is 4.90 Å². The molecule has 2 heterocycles. The molecule has 4 nitrogen and oxygen atoms in total. The minimum atomic E-state index is -0.619. The summed E-state index contributed by atoms with van der Waals surface area (Å²) >= 11 is 11.4. The number of carbonyl (C=O) groups excluding carboxylic acids is 1. The van der Waals surface area contributed by atoms with Crippen molar-refractivity contribution < 1.29 is 9.90 Å². The summed E-state index contributed by atoms with van der Waals surface area (Å²) in [4.78, 5) is 16.7. The summed E-state index contributed by atoms with van der Waals surface area (Å²) in [7, 11) is 0. The van der Waals surface area contributed by atoms with E-state index in [2.05, 4.69) is 4.98 Å². The second-order valence-corrected chi connectivity index (χ2v) is 4.09. The molecule has 1 fully saturated rings. The topological polar surface area (TPSA) is 53.4 Å². The van der Waals surface area contributed by atoms with Gasteiger partial charge in [-0.1, -0.05) is 23.2 Å². The molecule has 80 valence electrons. The fourth-order valence-corrected chi connectivity index (χ4v) is 1.76. The smallest absolute Gasteiger partial charge is 0.229 e. The van der Waals surface area contributed by atoms with Crippen molar-refractivity contribution in [1.82, 2.24) is 4.98 Å². The van der Waals surface area contributed by atoms with Gasteiger partial charge in [0.25, 0.3) is 0 Å². The fourth-order valence-electron chi connectivity index (χ4n) is 1.50. The molecule has 15 heavy (non-hydrogen) atoms. The number of β-amino-alcohol motifs (C(OH)–C–C–N with tert-alkyl or cyclic N) is 1. The van der Waals surface area contributed by atoms with Crippen molar-refractivity contribution in [2.24, 2.45) is 0 Å². The summed E-state index contributed by atoms with van der Waals surface area (Å²) in [6, 6.07) is 1.56. The van der Waals surface area contributed by atoms with Gasteiger partial charge in [-0.15, -0.1) is 0 Å². The molecule has 1 saturated heterocycles. The Balaban J connectivity index is 2.30. The molecule has 1 aliphatic rings. The van der Waals surface area contributed by atoms with Gasteiger partial charge < -0.3 is 10.0 Å². The molecule has 1 N–H and O–H groups in total. The first-order chi connectivity index (χ1) is 7.08. The number of halogens is 2. The lowest BCUT2D eigenvalue weighted by Gasteiger charge is -2.15. The number of nitrogens with zero attached hydrogens (tertiary/aromatic N) is 2. The van der Waals surface area contributed by atoms with Crippen LogP contribution in [0.2, 0.25) is 10.2 Å². The molecule has 1 atom stereocenters. The van der Waals surface area contributed by atoms with E-state index in [1.54, 1.807) is 6.07 Å². The van der Waals surface area contributed by atoms with Crippen LogP contribution in [-0.4, -0.2) is 28.6 Å². The normalized spacial score (nSPS) is 21.1. The Morgan fingerprint density at radius 3 is 2.80 bits per heavy atom. The first-order valence-electron chi connectivity index (χ1n) is 4.37. The van der Waals surface area contributed by atoms with Crippen LogP contribution in [0.5, 0.6) is 0 Å². The molecule has 1 aliphatic heterocycles. The molecule has 1 aromatic rings. The van der Waals surface area contributed by atoms with Gasteiger partial charge in [-0.05, 0) is 6.07 Å². The predicted molar refractivity (Wildman–Crippen MR) is 57.2 cm³/mol. The first-order valence-corrected chi connectivity index (χ1v) is 5.13. The van der Waals surface area contributed by atoms with Crippen LogP contribution in [0.15, 0.2) is 12.3 Å². The van der Waals surface area contributed by atoms with E-state index in [4.69, 9.17) is 23.2 Å². The van der Waals surface area contributed by atoms with Crippen LogP contribution in [0.1, 0.15) is 6.42 Å². The molecule has 0 aliphatic carbocycles. The van der Waals surface area contributed by atoms with Crippen LogP contribution in [0, 0.1) is 0 Å². The number of hydrogen-bond donors (Lipinski definition) is 1. The molecular weight excluding hydrogens is 239 g/mol. The lowest BCUT2D eigenvalue weighted by atomic mass is 10.3. The Bertz CT molecular complexity index is 411. The summed E-state index contributed by atoms with van der Waals surface area (Å²) in [5, 5.41) is 9.81. The summed E-state index contributed by atoms with van der Waals surface area (Å²) in [6.07, 6.45) is 0.983. The molecule has 1 unspecified atom stereocenters. The summed E-state index contributed by atoms with van der Waals surface area (Å²) in [5.41, 5.74) is 0.561. The van der Waals surface area contributed by atoms with Gasteiger partial charge in [0.2, 0.25) is 5.91 Å². The maximum atomic E-state index is 11.4. The largest absolute Gasteiger partial charge is 0.391 e. The van der Waals surface area contributed by atoms with Crippen LogP contribution in [0.25, 0.3) is 0 Å². The van der Waals surface area contributed by atoms with E-state index in [-0.39, 0.29) is 24.0 Å². The van der Waals surface area contributed by atoms with Crippen molar-refractivity contribution in [1.29, 1.82) is 0 Å². The quantitative estimate of drug-likeness (QED) is 0.765.